The fraction of sp³-hybridized carbons (Fsp3) is 0.167. The lowest BCUT2D eigenvalue weighted by atomic mass is 10.1. The molecule has 0 aliphatic heterocycles. The summed E-state index contributed by atoms with van der Waals surface area (Å²) in [5, 5.41) is 7.29. The maximum atomic E-state index is 13.7. The predicted octanol–water partition coefficient (Wildman–Crippen LogP) is 3.63. The van der Waals surface area contributed by atoms with Gasteiger partial charge in [-0.2, -0.15) is 0 Å². The minimum atomic E-state index is -4.64. The molecule has 0 radical (unpaired) electrons. The molecule has 0 saturated carbocycles. The second-order valence-corrected chi connectivity index (χ2v) is 9.17. The van der Waals surface area contributed by atoms with Crippen LogP contribution in [-0.2, 0) is 28.8 Å². The summed E-state index contributed by atoms with van der Waals surface area (Å²) in [5.74, 6) is 0.697. The van der Waals surface area contributed by atoms with Crippen LogP contribution in [0.3, 0.4) is 0 Å². The Hall–Kier alpha value is -3.76. The lowest BCUT2D eigenvalue weighted by molar-refractivity contribution is -0.711. The van der Waals surface area contributed by atoms with Crippen molar-refractivity contribution >= 4 is 19.3 Å². The number of rotatable bonds is 10. The van der Waals surface area contributed by atoms with Crippen LogP contribution in [0.1, 0.15) is 16.8 Å². The van der Waals surface area contributed by atoms with Gasteiger partial charge in [0.25, 0.3) is 5.82 Å². The molecule has 36 heavy (non-hydrogen) atoms. The number of phosphoric ester groups is 1. The molecule has 4 rings (SSSR count). The van der Waals surface area contributed by atoms with Crippen LogP contribution in [0.25, 0.3) is 11.3 Å². The van der Waals surface area contributed by atoms with Crippen LogP contribution in [0.5, 0.6) is 5.75 Å². The molecule has 10 nitrogen and oxygen atoms in total. The molecule has 5 N–H and O–H groups in total. The van der Waals surface area contributed by atoms with Gasteiger partial charge in [0, 0.05) is 36.9 Å². The van der Waals surface area contributed by atoms with Gasteiger partial charge in [0.1, 0.15) is 17.1 Å². The zero-order chi connectivity index (χ0) is 25.7. The summed E-state index contributed by atoms with van der Waals surface area (Å²) in [6.45, 7) is 0.0962. The van der Waals surface area contributed by atoms with Crippen molar-refractivity contribution in [2.24, 2.45) is 0 Å². The topological polar surface area (TPSA) is 144 Å². The number of nitrogens with two attached hydrogens (primary N) is 1. The van der Waals surface area contributed by atoms with Crippen molar-refractivity contribution in [3.05, 3.63) is 89.5 Å². The highest BCUT2D eigenvalue weighted by molar-refractivity contribution is 7.46. The number of nitrogen functional groups attached to an aromatic ring is 1. The van der Waals surface area contributed by atoms with Crippen molar-refractivity contribution in [1.29, 1.82) is 0 Å². The monoisotopic (exact) mass is 515 g/mol. The number of aromatic nitrogens is 2. The molecular weight excluding hydrogens is 490 g/mol. The molecule has 0 aliphatic carbocycles. The van der Waals surface area contributed by atoms with Gasteiger partial charge in [-0.05, 0) is 29.3 Å². The molecule has 0 saturated heterocycles. The van der Waals surface area contributed by atoms with Gasteiger partial charge in [0.2, 0.25) is 6.73 Å². The van der Waals surface area contributed by atoms with E-state index in [0.717, 1.165) is 11.1 Å². The van der Waals surface area contributed by atoms with Crippen molar-refractivity contribution in [3.8, 4) is 17.1 Å². The van der Waals surface area contributed by atoms with Gasteiger partial charge < -0.3 is 24.4 Å². The van der Waals surface area contributed by atoms with Gasteiger partial charge >= 0.3 is 7.82 Å². The third kappa shape index (κ3) is 6.67. The molecule has 4 aromatic rings. The highest BCUT2D eigenvalue weighted by atomic mass is 31.2. The van der Waals surface area contributed by atoms with Gasteiger partial charge in [0.15, 0.2) is 5.76 Å². The van der Waals surface area contributed by atoms with Crippen LogP contribution >= 0.6 is 7.82 Å². The van der Waals surface area contributed by atoms with E-state index in [-0.39, 0.29) is 11.6 Å². The standard InChI is InChI=1S/C24H24FN4O6P/c1-33-21-11-18(25)10-19(12-21)27-14-17-6-4-16(5-7-17)9-20-13-23(35-28-20)22-3-2-8-29(24(22)26)15-34-36(30,31)32/h2-8,10-13,26-27H,9,14-15H2,1H3,(H2,30,31,32)/p+1. The number of nitrogens with one attached hydrogen (secondary N) is 1. The number of methoxy groups -OCH3 is 1. The number of hydrogen-bond acceptors (Lipinski definition) is 7. The van der Waals surface area contributed by atoms with Crippen LogP contribution in [-0.4, -0.2) is 22.1 Å². The van der Waals surface area contributed by atoms with Gasteiger partial charge in [0.05, 0.1) is 19.0 Å². The Kier molecular flexibility index (Phi) is 7.66. The Balaban J connectivity index is 1.39. The first-order chi connectivity index (χ1) is 17.2. The van der Waals surface area contributed by atoms with Gasteiger partial charge in [-0.1, -0.05) is 29.4 Å². The minimum absolute atomic E-state index is 0.210. The molecule has 2 aromatic heterocycles. The smallest absolute Gasteiger partial charge is 0.472 e. The maximum absolute atomic E-state index is 13.7. The summed E-state index contributed by atoms with van der Waals surface area (Å²) < 4.78 is 41.0. The molecule has 12 heteroatoms. The summed E-state index contributed by atoms with van der Waals surface area (Å²) in [4.78, 5) is 17.8. The molecule has 0 amide bonds. The van der Waals surface area contributed by atoms with Gasteiger partial charge in [-0.25, -0.2) is 18.0 Å². The van der Waals surface area contributed by atoms with E-state index in [4.69, 9.17) is 24.8 Å². The molecule has 188 valence electrons. The summed E-state index contributed by atoms with van der Waals surface area (Å²) in [5.41, 5.74) is 9.98. The number of benzene rings is 2. The summed E-state index contributed by atoms with van der Waals surface area (Å²) in [6, 6.07) is 17.5. The number of pyridine rings is 1. The first kappa shape index (κ1) is 25.3. The maximum Gasteiger partial charge on any atom is 0.472 e. The van der Waals surface area contributed by atoms with Crippen LogP contribution < -0.4 is 20.4 Å². The van der Waals surface area contributed by atoms with Crippen LogP contribution in [0.4, 0.5) is 15.9 Å². The highest BCUT2D eigenvalue weighted by Crippen LogP contribution is 2.35. The number of hydrogen-bond donors (Lipinski definition) is 4. The SMILES string of the molecule is COc1cc(F)cc(NCc2ccc(Cc3cc(-c4ccc[n+](COP(=O)(O)O)c4N)on3)cc2)c1. The zero-order valence-electron chi connectivity index (χ0n) is 19.3. The first-order valence-corrected chi connectivity index (χ1v) is 12.3. The molecule has 0 bridgehead atoms. The zero-order valence-corrected chi connectivity index (χ0v) is 20.2. The largest absolute Gasteiger partial charge is 0.497 e. The Morgan fingerprint density at radius 2 is 1.89 bits per heavy atom. The molecule has 0 fully saturated rings. The number of halogens is 1. The second-order valence-electron chi connectivity index (χ2n) is 7.93. The van der Waals surface area contributed by atoms with Crippen molar-refractivity contribution in [2.45, 2.75) is 19.7 Å². The Labute approximate surface area is 206 Å². The van der Waals surface area contributed by atoms with E-state index >= 15 is 0 Å². The quantitative estimate of drug-likeness (QED) is 0.184. The van der Waals surface area contributed by atoms with Crippen molar-refractivity contribution in [3.63, 3.8) is 0 Å². The normalized spacial score (nSPS) is 11.4. The third-order valence-corrected chi connectivity index (χ3v) is 5.77. The number of anilines is 2. The van der Waals surface area contributed by atoms with E-state index in [2.05, 4.69) is 15.0 Å². The highest BCUT2D eigenvalue weighted by Gasteiger charge is 2.20. The summed E-state index contributed by atoms with van der Waals surface area (Å²) in [6.07, 6.45) is 2.05. The van der Waals surface area contributed by atoms with Crippen LogP contribution in [0.2, 0.25) is 0 Å². The molecular formula is C24H25FN4O6P+. The fourth-order valence-corrected chi connectivity index (χ4v) is 3.79. The van der Waals surface area contributed by atoms with Crippen molar-refractivity contribution in [1.82, 2.24) is 5.16 Å². The van der Waals surface area contributed by atoms with Crippen molar-refractivity contribution < 1.29 is 37.1 Å². The number of phosphoric acid groups is 1. The van der Waals surface area contributed by atoms with Gasteiger partial charge in [-0.3, -0.25) is 5.73 Å². The molecule has 0 unspecified atom stereocenters. The van der Waals surface area contributed by atoms with Crippen LogP contribution in [0.15, 0.2) is 71.4 Å². The number of nitrogens with zero attached hydrogens (tertiary/aromatic N) is 2. The Bertz CT molecular complexity index is 1390. The van der Waals surface area contributed by atoms with E-state index in [0.29, 0.717) is 41.4 Å². The molecule has 0 aliphatic rings. The number of ether oxygens (including phenoxy) is 1. The molecule has 0 spiro atoms. The summed E-state index contributed by atoms with van der Waals surface area (Å²) in [7, 11) is -3.15. The molecule has 0 atom stereocenters. The van der Waals surface area contributed by atoms with E-state index in [9.17, 15) is 8.96 Å². The van der Waals surface area contributed by atoms with Gasteiger partial charge in [-0.15, -0.1) is 0 Å². The minimum Gasteiger partial charge on any atom is -0.497 e. The molecule has 2 heterocycles. The van der Waals surface area contributed by atoms with Crippen molar-refractivity contribution in [2.75, 3.05) is 18.2 Å². The molecule has 2 aromatic carbocycles. The predicted molar refractivity (Wildman–Crippen MR) is 129 cm³/mol. The van der Waals surface area contributed by atoms with Crippen LogP contribution in [0, 0.1) is 5.82 Å². The Morgan fingerprint density at radius 1 is 1.14 bits per heavy atom. The third-order valence-electron chi connectivity index (χ3n) is 5.32. The van der Waals surface area contributed by atoms with E-state index in [1.807, 2.05) is 24.3 Å². The van der Waals surface area contributed by atoms with E-state index in [1.165, 1.54) is 30.0 Å². The average molecular weight is 515 g/mol. The second kappa shape index (κ2) is 10.9. The first-order valence-electron chi connectivity index (χ1n) is 10.8. The lowest BCUT2D eigenvalue weighted by Crippen LogP contribution is -2.38. The fourth-order valence-electron chi connectivity index (χ4n) is 3.51. The van der Waals surface area contributed by atoms with E-state index in [1.54, 1.807) is 24.3 Å². The summed E-state index contributed by atoms with van der Waals surface area (Å²) >= 11 is 0. The van der Waals surface area contributed by atoms with E-state index < -0.39 is 14.6 Å². The average Bonchev–Trinajstić information content (AvgIpc) is 3.30. The lowest BCUT2D eigenvalue weighted by Gasteiger charge is -2.09. The Morgan fingerprint density at radius 3 is 2.61 bits per heavy atom.